The number of thioether (sulfide) groups is 1. The van der Waals surface area contributed by atoms with Gasteiger partial charge in [0.15, 0.2) is 11.5 Å². The van der Waals surface area contributed by atoms with Gasteiger partial charge in [0, 0.05) is 12.6 Å². The highest BCUT2D eigenvalue weighted by Crippen LogP contribution is 2.40. The zero-order valence-corrected chi connectivity index (χ0v) is 17.2. The minimum atomic E-state index is -0.196. The van der Waals surface area contributed by atoms with E-state index in [1.54, 1.807) is 7.11 Å². The van der Waals surface area contributed by atoms with E-state index in [9.17, 15) is 4.79 Å². The summed E-state index contributed by atoms with van der Waals surface area (Å²) in [6.07, 6.45) is 8.22. The second-order valence-corrected chi connectivity index (χ2v) is 9.21. The molecule has 0 N–H and O–H groups in total. The van der Waals surface area contributed by atoms with Crippen LogP contribution >= 0.6 is 24.0 Å². The van der Waals surface area contributed by atoms with Crippen LogP contribution in [-0.2, 0) is 11.2 Å². The Balaban J connectivity index is 1.41. The number of methoxy groups -OCH3 is 1. The number of carbonyl (C=O) groups is 1. The fraction of sp³-hybridized carbons (Fsp3) is 0.600. The molecule has 1 atom stereocenters. The van der Waals surface area contributed by atoms with E-state index in [0.29, 0.717) is 22.2 Å². The van der Waals surface area contributed by atoms with Crippen molar-refractivity contribution < 1.29 is 19.0 Å². The first-order valence-electron chi connectivity index (χ1n) is 9.64. The van der Waals surface area contributed by atoms with Gasteiger partial charge in [-0.2, -0.15) is 0 Å². The SMILES string of the molecule is COc1cc2c(cc1C[C@H]1SC(=S)N(CCC3CCCCC3)C1=O)OCO2. The van der Waals surface area contributed by atoms with Crippen LogP contribution in [0.1, 0.15) is 44.1 Å². The van der Waals surface area contributed by atoms with Gasteiger partial charge < -0.3 is 14.2 Å². The third-order valence-corrected chi connectivity index (χ3v) is 7.26. The fourth-order valence-corrected chi connectivity index (χ4v) is 5.70. The summed E-state index contributed by atoms with van der Waals surface area (Å²) < 4.78 is 17.1. The van der Waals surface area contributed by atoms with Gasteiger partial charge in [-0.15, -0.1) is 0 Å². The molecule has 146 valence electrons. The third kappa shape index (κ3) is 4.04. The summed E-state index contributed by atoms with van der Waals surface area (Å²) in [6, 6.07) is 3.75. The van der Waals surface area contributed by atoms with Gasteiger partial charge in [0.25, 0.3) is 0 Å². The predicted octanol–water partition coefficient (Wildman–Crippen LogP) is 4.17. The van der Waals surface area contributed by atoms with Crippen LogP contribution < -0.4 is 14.2 Å². The largest absolute Gasteiger partial charge is 0.496 e. The highest BCUT2D eigenvalue weighted by atomic mass is 32.2. The van der Waals surface area contributed by atoms with Gasteiger partial charge in [-0.1, -0.05) is 56.1 Å². The van der Waals surface area contributed by atoms with E-state index >= 15 is 0 Å². The van der Waals surface area contributed by atoms with Crippen molar-refractivity contribution in [3.8, 4) is 17.2 Å². The molecule has 0 spiro atoms. The monoisotopic (exact) mass is 407 g/mol. The average Bonchev–Trinajstić information content (AvgIpc) is 3.24. The van der Waals surface area contributed by atoms with Crippen LogP contribution in [-0.4, -0.2) is 40.8 Å². The van der Waals surface area contributed by atoms with Crippen molar-refractivity contribution in [3.63, 3.8) is 0 Å². The van der Waals surface area contributed by atoms with Crippen molar-refractivity contribution in [2.24, 2.45) is 5.92 Å². The van der Waals surface area contributed by atoms with Crippen LogP contribution in [0.5, 0.6) is 17.2 Å². The molecule has 0 bridgehead atoms. The van der Waals surface area contributed by atoms with E-state index in [2.05, 4.69) is 0 Å². The Morgan fingerprint density at radius 3 is 2.70 bits per heavy atom. The van der Waals surface area contributed by atoms with Crippen LogP contribution in [0.3, 0.4) is 0 Å². The Kier molecular flexibility index (Phi) is 5.78. The number of ether oxygens (including phenoxy) is 3. The van der Waals surface area contributed by atoms with Crippen LogP contribution in [0.25, 0.3) is 0 Å². The summed E-state index contributed by atoms with van der Waals surface area (Å²) in [5.74, 6) is 2.98. The van der Waals surface area contributed by atoms with Gasteiger partial charge in [0.2, 0.25) is 12.7 Å². The van der Waals surface area contributed by atoms with Gasteiger partial charge in [-0.25, -0.2) is 0 Å². The molecule has 2 heterocycles. The lowest BCUT2D eigenvalue weighted by atomic mass is 9.87. The number of hydrogen-bond acceptors (Lipinski definition) is 6. The molecule has 7 heteroatoms. The van der Waals surface area contributed by atoms with E-state index < -0.39 is 0 Å². The lowest BCUT2D eigenvalue weighted by Crippen LogP contribution is -2.34. The zero-order chi connectivity index (χ0) is 18.8. The third-order valence-electron chi connectivity index (χ3n) is 5.67. The Bertz CT molecular complexity index is 733. The first-order valence-corrected chi connectivity index (χ1v) is 10.9. The van der Waals surface area contributed by atoms with Crippen LogP contribution in [0.2, 0.25) is 0 Å². The number of nitrogens with zero attached hydrogens (tertiary/aromatic N) is 1. The zero-order valence-electron chi connectivity index (χ0n) is 15.6. The quantitative estimate of drug-likeness (QED) is 0.660. The maximum absolute atomic E-state index is 12.9. The molecule has 1 aromatic rings. The molecule has 0 radical (unpaired) electrons. The molecule has 0 unspecified atom stereocenters. The van der Waals surface area contributed by atoms with Crippen LogP contribution in [0.4, 0.5) is 0 Å². The molecule has 5 nitrogen and oxygen atoms in total. The second kappa shape index (κ2) is 8.27. The first-order chi connectivity index (χ1) is 13.2. The maximum Gasteiger partial charge on any atom is 0.241 e. The molecule has 0 aromatic heterocycles. The van der Waals surface area contributed by atoms with Crippen molar-refractivity contribution in [2.45, 2.75) is 50.2 Å². The normalized spacial score (nSPS) is 22.6. The van der Waals surface area contributed by atoms with Crippen molar-refractivity contribution in [1.82, 2.24) is 4.90 Å². The number of thiocarbonyl (C=S) groups is 1. The van der Waals surface area contributed by atoms with Gasteiger partial charge in [-0.3, -0.25) is 9.69 Å². The van der Waals surface area contributed by atoms with E-state index in [4.69, 9.17) is 26.4 Å². The fourth-order valence-electron chi connectivity index (χ4n) is 4.13. The molecule has 1 aliphatic carbocycles. The standard InChI is InChI=1S/C20H25NO4S2/c1-23-15-11-17-16(24-12-25-17)9-14(15)10-18-19(22)21(20(26)27-18)8-7-13-5-3-2-4-6-13/h9,11,13,18H,2-8,10,12H2,1H3/t18-/m1/s1. The molecule has 27 heavy (non-hydrogen) atoms. The Morgan fingerprint density at radius 2 is 1.96 bits per heavy atom. The second-order valence-electron chi connectivity index (χ2n) is 7.38. The Labute approximate surface area is 169 Å². The molecule has 2 aliphatic heterocycles. The van der Waals surface area contributed by atoms with Crippen molar-refractivity contribution in [1.29, 1.82) is 0 Å². The number of amides is 1. The molecule has 1 amide bonds. The maximum atomic E-state index is 12.9. The molecule has 1 saturated heterocycles. The minimum Gasteiger partial charge on any atom is -0.496 e. The van der Waals surface area contributed by atoms with Crippen LogP contribution in [0.15, 0.2) is 12.1 Å². The lowest BCUT2D eigenvalue weighted by molar-refractivity contribution is -0.126. The van der Waals surface area contributed by atoms with E-state index in [-0.39, 0.29) is 18.0 Å². The molecular weight excluding hydrogens is 382 g/mol. The van der Waals surface area contributed by atoms with Crippen molar-refractivity contribution >= 4 is 34.2 Å². The summed E-state index contributed by atoms with van der Waals surface area (Å²) >= 11 is 7.01. The first kappa shape index (κ1) is 18.9. The molecule has 2 fully saturated rings. The molecule has 1 saturated carbocycles. The van der Waals surface area contributed by atoms with Gasteiger partial charge in [0.1, 0.15) is 10.1 Å². The Morgan fingerprint density at radius 1 is 1.22 bits per heavy atom. The summed E-state index contributed by atoms with van der Waals surface area (Å²) in [5, 5.41) is -0.196. The summed E-state index contributed by atoms with van der Waals surface area (Å²) in [5.41, 5.74) is 0.949. The topological polar surface area (TPSA) is 48.0 Å². The summed E-state index contributed by atoms with van der Waals surface area (Å²) in [6.45, 7) is 0.974. The molecular formula is C20H25NO4S2. The average molecular weight is 408 g/mol. The van der Waals surface area contributed by atoms with E-state index in [0.717, 1.165) is 30.2 Å². The Hall–Kier alpha value is -1.47. The van der Waals surface area contributed by atoms with Gasteiger partial charge in [-0.05, 0) is 30.4 Å². The number of hydrogen-bond donors (Lipinski definition) is 0. The predicted molar refractivity (Wildman–Crippen MR) is 110 cm³/mol. The molecule has 1 aromatic carbocycles. The number of benzene rings is 1. The van der Waals surface area contributed by atoms with Gasteiger partial charge in [0.05, 0.1) is 12.4 Å². The van der Waals surface area contributed by atoms with E-state index in [1.165, 1.54) is 43.9 Å². The number of carbonyl (C=O) groups excluding carboxylic acids is 1. The van der Waals surface area contributed by atoms with Gasteiger partial charge >= 0.3 is 0 Å². The number of rotatable bonds is 6. The molecule has 3 aliphatic rings. The summed E-state index contributed by atoms with van der Waals surface area (Å²) in [7, 11) is 1.63. The smallest absolute Gasteiger partial charge is 0.241 e. The van der Waals surface area contributed by atoms with Crippen LogP contribution in [0, 0.1) is 5.92 Å². The minimum absolute atomic E-state index is 0.125. The van der Waals surface area contributed by atoms with Crippen molar-refractivity contribution in [3.05, 3.63) is 17.7 Å². The summed E-state index contributed by atoms with van der Waals surface area (Å²) in [4.78, 5) is 14.8. The molecule has 4 rings (SSSR count). The highest BCUT2D eigenvalue weighted by molar-refractivity contribution is 8.24. The van der Waals surface area contributed by atoms with Crippen molar-refractivity contribution in [2.75, 3.05) is 20.4 Å². The lowest BCUT2D eigenvalue weighted by Gasteiger charge is -2.24. The highest BCUT2D eigenvalue weighted by Gasteiger charge is 2.37. The number of fused-ring (bicyclic) bond motifs is 1. The van der Waals surface area contributed by atoms with E-state index in [1.807, 2.05) is 17.0 Å².